The van der Waals surface area contributed by atoms with Crippen LogP contribution in [0, 0.1) is 12.8 Å². The molecule has 0 atom stereocenters. The number of carbonyl (C=O) groups is 1. The van der Waals surface area contributed by atoms with Crippen LogP contribution in [0.4, 0.5) is 5.69 Å². The molecular formula is C23H28Cl2N4O2. The maximum Gasteiger partial charge on any atom is 0.292 e. The van der Waals surface area contributed by atoms with E-state index >= 15 is 0 Å². The highest BCUT2D eigenvalue weighted by Crippen LogP contribution is 2.27. The molecule has 2 aromatic rings. The van der Waals surface area contributed by atoms with Crippen LogP contribution in [0.15, 0.2) is 29.2 Å². The lowest BCUT2D eigenvalue weighted by molar-refractivity contribution is -0.126. The largest absolute Gasteiger partial charge is 0.369 e. The number of halogens is 2. The molecule has 0 spiro atoms. The van der Waals surface area contributed by atoms with Crippen molar-refractivity contribution in [1.29, 1.82) is 0 Å². The first-order valence-corrected chi connectivity index (χ1v) is 11.8. The number of anilines is 1. The Hall–Kier alpha value is -2.05. The van der Waals surface area contributed by atoms with Crippen molar-refractivity contribution in [3.8, 4) is 5.69 Å². The molecule has 1 saturated carbocycles. The minimum atomic E-state index is -0.369. The van der Waals surface area contributed by atoms with Crippen LogP contribution < -0.4 is 15.8 Å². The van der Waals surface area contributed by atoms with E-state index in [-0.39, 0.29) is 28.4 Å². The minimum Gasteiger partial charge on any atom is -0.369 e. The summed E-state index contributed by atoms with van der Waals surface area (Å²) >= 11 is 12.7. The fourth-order valence-corrected chi connectivity index (χ4v) is 4.91. The summed E-state index contributed by atoms with van der Waals surface area (Å²) in [5.74, 6) is 0.380. The average Bonchev–Trinajstić information content (AvgIpc) is 2.79. The maximum absolute atomic E-state index is 12.9. The van der Waals surface area contributed by atoms with E-state index in [1.165, 1.54) is 11.1 Å². The van der Waals surface area contributed by atoms with Crippen LogP contribution in [-0.4, -0.2) is 34.8 Å². The van der Waals surface area contributed by atoms with Crippen LogP contribution in [0.25, 0.3) is 5.69 Å². The predicted octanol–water partition coefficient (Wildman–Crippen LogP) is 4.51. The van der Waals surface area contributed by atoms with E-state index in [0.717, 1.165) is 57.2 Å². The normalized spacial score (nSPS) is 18.2. The number of amides is 1. The Morgan fingerprint density at radius 3 is 2.48 bits per heavy atom. The van der Waals surface area contributed by atoms with Crippen LogP contribution in [0.5, 0.6) is 0 Å². The van der Waals surface area contributed by atoms with Crippen LogP contribution in [0.1, 0.15) is 50.5 Å². The van der Waals surface area contributed by atoms with Crippen LogP contribution in [0.3, 0.4) is 0 Å². The molecule has 0 radical (unpaired) electrons. The minimum absolute atomic E-state index is 0.149. The van der Waals surface area contributed by atoms with Crippen molar-refractivity contribution >= 4 is 34.8 Å². The fraction of sp³-hybridized carbons (Fsp3) is 0.522. The third-order valence-corrected chi connectivity index (χ3v) is 7.22. The summed E-state index contributed by atoms with van der Waals surface area (Å²) in [6.07, 6.45) is 8.86. The fourth-order valence-electron chi connectivity index (χ4n) is 4.49. The van der Waals surface area contributed by atoms with Gasteiger partial charge in [0.25, 0.3) is 5.56 Å². The third-order valence-electron chi connectivity index (χ3n) is 6.46. The van der Waals surface area contributed by atoms with Crippen molar-refractivity contribution < 1.29 is 4.79 Å². The monoisotopic (exact) mass is 462 g/mol. The van der Waals surface area contributed by atoms with Gasteiger partial charge in [-0.05, 0) is 50.3 Å². The highest BCUT2D eigenvalue weighted by molar-refractivity contribution is 6.33. The van der Waals surface area contributed by atoms with Gasteiger partial charge in [-0.15, -0.1) is 0 Å². The predicted molar refractivity (Wildman–Crippen MR) is 125 cm³/mol. The van der Waals surface area contributed by atoms with Gasteiger partial charge in [-0.25, -0.2) is 0 Å². The van der Waals surface area contributed by atoms with Gasteiger partial charge in [0, 0.05) is 30.1 Å². The van der Waals surface area contributed by atoms with Gasteiger partial charge in [0.2, 0.25) is 5.91 Å². The summed E-state index contributed by atoms with van der Waals surface area (Å²) < 4.78 is 1.27. The van der Waals surface area contributed by atoms with Crippen molar-refractivity contribution in [2.24, 2.45) is 5.92 Å². The number of aromatic nitrogens is 2. The maximum atomic E-state index is 12.9. The molecule has 6 nitrogen and oxygen atoms in total. The van der Waals surface area contributed by atoms with E-state index in [0.29, 0.717) is 16.4 Å². The summed E-state index contributed by atoms with van der Waals surface area (Å²) in [5.41, 5.74) is 1.78. The van der Waals surface area contributed by atoms with Gasteiger partial charge in [-0.2, -0.15) is 9.78 Å². The quantitative estimate of drug-likeness (QED) is 0.725. The summed E-state index contributed by atoms with van der Waals surface area (Å²) in [5, 5.41) is 8.29. The van der Waals surface area contributed by atoms with Crippen molar-refractivity contribution in [3.05, 3.63) is 50.4 Å². The first-order chi connectivity index (χ1) is 14.9. The number of nitrogens with zero attached hydrogens (tertiary/aromatic N) is 3. The third kappa shape index (κ3) is 4.90. The smallest absolute Gasteiger partial charge is 0.292 e. The molecule has 1 saturated heterocycles. The van der Waals surface area contributed by atoms with Crippen LogP contribution in [-0.2, 0) is 4.79 Å². The SMILES string of the molecule is Cc1ccc(-n2ncc(N3CCC(NC(=O)C4CCCCC4)CC3)c(Cl)c2=O)cc1Cl. The molecule has 1 aromatic heterocycles. The Kier molecular flexibility index (Phi) is 6.87. The van der Waals surface area contributed by atoms with Crippen molar-refractivity contribution in [1.82, 2.24) is 15.1 Å². The van der Waals surface area contributed by atoms with Gasteiger partial charge in [0.15, 0.2) is 0 Å². The Labute approximate surface area is 192 Å². The molecule has 0 bridgehead atoms. The van der Waals surface area contributed by atoms with Gasteiger partial charge < -0.3 is 10.2 Å². The summed E-state index contributed by atoms with van der Waals surface area (Å²) in [6.45, 7) is 3.34. The number of rotatable bonds is 4. The molecule has 2 fully saturated rings. The lowest BCUT2D eigenvalue weighted by atomic mass is 9.88. The second-order valence-electron chi connectivity index (χ2n) is 8.60. The highest BCUT2D eigenvalue weighted by atomic mass is 35.5. The highest BCUT2D eigenvalue weighted by Gasteiger charge is 2.27. The first-order valence-electron chi connectivity index (χ1n) is 11.0. The number of piperidine rings is 1. The van der Waals surface area contributed by atoms with Gasteiger partial charge in [-0.3, -0.25) is 9.59 Å². The lowest BCUT2D eigenvalue weighted by Crippen LogP contribution is -2.47. The zero-order chi connectivity index (χ0) is 22.0. The molecule has 1 aromatic carbocycles. The zero-order valence-electron chi connectivity index (χ0n) is 17.7. The van der Waals surface area contributed by atoms with Crippen LogP contribution in [0.2, 0.25) is 10.0 Å². The molecule has 1 aliphatic carbocycles. The second kappa shape index (κ2) is 9.61. The lowest BCUT2D eigenvalue weighted by Gasteiger charge is -2.35. The van der Waals surface area contributed by atoms with Crippen molar-refractivity contribution in [2.75, 3.05) is 18.0 Å². The second-order valence-corrected chi connectivity index (χ2v) is 9.38. The Balaban J connectivity index is 1.41. The molecular weight excluding hydrogens is 435 g/mol. The number of hydrogen-bond acceptors (Lipinski definition) is 4. The van der Waals surface area contributed by atoms with Crippen molar-refractivity contribution in [3.63, 3.8) is 0 Å². The first kappa shape index (κ1) is 22.2. The number of benzene rings is 1. The molecule has 4 rings (SSSR count). The van der Waals surface area contributed by atoms with E-state index < -0.39 is 0 Å². The van der Waals surface area contributed by atoms with Gasteiger partial charge >= 0.3 is 0 Å². The molecule has 8 heteroatoms. The van der Waals surface area contributed by atoms with E-state index in [4.69, 9.17) is 23.2 Å². The van der Waals surface area contributed by atoms with E-state index in [1.807, 2.05) is 13.0 Å². The van der Waals surface area contributed by atoms with Gasteiger partial charge in [0.05, 0.1) is 17.6 Å². The standard InChI is InChI=1S/C23H28Cl2N4O2/c1-15-7-8-18(13-19(15)24)29-23(31)21(25)20(14-26-29)28-11-9-17(10-12-28)27-22(30)16-5-3-2-4-6-16/h7-8,13-14,16-17H,2-6,9-12H2,1H3,(H,27,30). The van der Waals surface area contributed by atoms with E-state index in [9.17, 15) is 9.59 Å². The summed E-state index contributed by atoms with van der Waals surface area (Å²) in [4.78, 5) is 27.5. The van der Waals surface area contributed by atoms with Gasteiger partial charge in [0.1, 0.15) is 5.02 Å². The Morgan fingerprint density at radius 2 is 1.81 bits per heavy atom. The van der Waals surface area contributed by atoms with Crippen molar-refractivity contribution in [2.45, 2.75) is 57.9 Å². The number of carbonyl (C=O) groups excluding carboxylic acids is 1. The molecule has 0 unspecified atom stereocenters. The Bertz CT molecular complexity index is 1010. The van der Waals surface area contributed by atoms with E-state index in [1.54, 1.807) is 18.3 Å². The average molecular weight is 463 g/mol. The summed E-state index contributed by atoms with van der Waals surface area (Å²) in [7, 11) is 0. The Morgan fingerprint density at radius 1 is 1.10 bits per heavy atom. The molecule has 166 valence electrons. The molecule has 1 amide bonds. The molecule has 1 N–H and O–H groups in total. The number of nitrogens with one attached hydrogen (secondary N) is 1. The molecule has 2 aliphatic rings. The zero-order valence-corrected chi connectivity index (χ0v) is 19.3. The van der Waals surface area contributed by atoms with E-state index in [2.05, 4.69) is 15.3 Å². The number of hydrogen-bond donors (Lipinski definition) is 1. The van der Waals surface area contributed by atoms with Gasteiger partial charge in [-0.1, -0.05) is 48.5 Å². The number of aryl methyl sites for hydroxylation is 1. The molecule has 31 heavy (non-hydrogen) atoms. The topological polar surface area (TPSA) is 67.2 Å². The van der Waals surface area contributed by atoms with Crippen LogP contribution >= 0.6 is 23.2 Å². The summed E-state index contributed by atoms with van der Waals surface area (Å²) in [6, 6.07) is 5.53. The molecule has 1 aliphatic heterocycles. The molecule has 2 heterocycles.